The molecule has 40 heavy (non-hydrogen) atoms. The second-order valence-electron chi connectivity index (χ2n) is 8.79. The number of nitrogens with one attached hydrogen (secondary N) is 1. The van der Waals surface area contributed by atoms with Gasteiger partial charge in [-0.25, -0.2) is 9.48 Å². The van der Waals surface area contributed by atoms with Crippen molar-refractivity contribution in [3.05, 3.63) is 111 Å². The number of Topliss-reactive ketones (excluding diaryl/α,β-unsaturated/α-hetero) is 1. The lowest BCUT2D eigenvalue weighted by atomic mass is 9.97. The van der Waals surface area contributed by atoms with E-state index in [1.807, 2.05) is 0 Å². The highest BCUT2D eigenvalue weighted by Gasteiger charge is 2.26. The van der Waals surface area contributed by atoms with Crippen LogP contribution in [-0.2, 0) is 11.2 Å². The van der Waals surface area contributed by atoms with Crippen molar-refractivity contribution in [3.8, 4) is 17.0 Å². The number of rotatable bonds is 10. The van der Waals surface area contributed by atoms with E-state index in [1.165, 1.54) is 42.5 Å². The topological polar surface area (TPSA) is 128 Å². The molecule has 0 aliphatic carbocycles. The van der Waals surface area contributed by atoms with Crippen molar-refractivity contribution < 1.29 is 28.3 Å². The number of hydrogen-bond donors (Lipinski definition) is 2. The number of amides is 1. The number of benzene rings is 3. The molecule has 1 aromatic heterocycles. The Bertz CT molecular complexity index is 1720. The number of carboxylic acid groups (broad SMARTS) is 1. The number of ether oxygens (including phenoxy) is 1. The first-order chi connectivity index (χ1) is 20.4. The molecule has 0 bridgehead atoms. The van der Waals surface area contributed by atoms with E-state index in [9.17, 15) is 19.2 Å². The molecule has 0 spiro atoms. The van der Waals surface area contributed by atoms with Crippen LogP contribution in [0.3, 0.4) is 0 Å². The average Bonchev–Trinajstić information content (AvgIpc) is 2.96. The zero-order chi connectivity index (χ0) is 31.3. The summed E-state index contributed by atoms with van der Waals surface area (Å²) in [5, 5.41) is 16.3. The van der Waals surface area contributed by atoms with E-state index in [1.54, 1.807) is 37.3 Å². The Morgan fingerprint density at radius 1 is 1.05 bits per heavy atom. The van der Waals surface area contributed by atoms with Crippen molar-refractivity contribution in [2.24, 2.45) is 0 Å². The quantitative estimate of drug-likeness (QED) is 0.251. The van der Waals surface area contributed by atoms with Crippen LogP contribution in [0.25, 0.3) is 11.1 Å². The van der Waals surface area contributed by atoms with E-state index in [0.29, 0.717) is 5.56 Å². The molecule has 1 heterocycles. The molecule has 10 heteroatoms. The third-order valence-corrected chi connectivity index (χ3v) is 6.42. The summed E-state index contributed by atoms with van der Waals surface area (Å²) in [7, 11) is -3.00. The Kier molecular flexibility index (Phi) is 7.53. The average molecular weight is 563 g/mol. The summed E-state index contributed by atoms with van der Waals surface area (Å²) < 4.78 is 29.2. The first-order valence-electron chi connectivity index (χ1n) is 13.7. The Morgan fingerprint density at radius 3 is 2.42 bits per heavy atom. The molecule has 0 saturated heterocycles. The third-order valence-electron chi connectivity index (χ3n) is 6.18. The van der Waals surface area contributed by atoms with Crippen LogP contribution >= 0.6 is 11.6 Å². The van der Waals surface area contributed by atoms with Gasteiger partial charge in [-0.1, -0.05) is 48.9 Å². The fraction of sp³-hybridized carbons (Fsp3) is 0.167. The fourth-order valence-corrected chi connectivity index (χ4v) is 4.34. The number of carbonyl (C=O) groups is 3. The van der Waals surface area contributed by atoms with Crippen LogP contribution in [0.1, 0.15) is 49.8 Å². The summed E-state index contributed by atoms with van der Waals surface area (Å²) in [6.45, 7) is 1.65. The lowest BCUT2D eigenvalue weighted by Gasteiger charge is -2.20. The van der Waals surface area contributed by atoms with Gasteiger partial charge in [0.15, 0.2) is 5.78 Å². The Balaban J connectivity index is 1.86. The highest BCUT2D eigenvalue weighted by Crippen LogP contribution is 2.33. The number of ketones is 1. The van der Waals surface area contributed by atoms with Crippen molar-refractivity contribution in [1.29, 1.82) is 0 Å². The molecular weight excluding hydrogens is 534 g/mol. The number of carboxylic acids is 1. The van der Waals surface area contributed by atoms with Crippen molar-refractivity contribution in [1.82, 2.24) is 9.78 Å². The molecule has 0 aliphatic heterocycles. The van der Waals surface area contributed by atoms with Crippen LogP contribution in [0.4, 0.5) is 5.69 Å². The summed E-state index contributed by atoms with van der Waals surface area (Å²) in [6.07, 6.45) is 0.109. The van der Waals surface area contributed by atoms with Gasteiger partial charge in [0.05, 0.1) is 22.3 Å². The Labute approximate surface area is 239 Å². The van der Waals surface area contributed by atoms with E-state index in [0.717, 1.165) is 10.7 Å². The van der Waals surface area contributed by atoms with E-state index in [2.05, 4.69) is 10.4 Å². The molecule has 9 nitrogen and oxygen atoms in total. The second-order valence-corrected chi connectivity index (χ2v) is 9.23. The number of methoxy groups -OCH3 is 1. The van der Waals surface area contributed by atoms with Gasteiger partial charge in [0.25, 0.3) is 5.56 Å². The van der Waals surface area contributed by atoms with Gasteiger partial charge < -0.3 is 15.2 Å². The number of halogens is 1. The summed E-state index contributed by atoms with van der Waals surface area (Å²) in [5.74, 6) is -2.62. The minimum absolute atomic E-state index is 0.0145. The van der Waals surface area contributed by atoms with E-state index in [-0.39, 0.29) is 51.6 Å². The van der Waals surface area contributed by atoms with E-state index >= 15 is 0 Å². The maximum Gasteiger partial charge on any atom is 0.335 e. The van der Waals surface area contributed by atoms with Gasteiger partial charge in [-0.05, 0) is 53.6 Å². The summed E-state index contributed by atoms with van der Waals surface area (Å²) >= 11 is 6.21. The minimum Gasteiger partial charge on any atom is -0.480 e. The molecule has 1 atom stereocenters. The van der Waals surface area contributed by atoms with Crippen molar-refractivity contribution in [2.75, 3.05) is 12.4 Å². The fourth-order valence-electron chi connectivity index (χ4n) is 4.17. The molecule has 1 amide bonds. The molecule has 0 unspecified atom stereocenters. The number of nitrogens with zero attached hydrogens (tertiary/aromatic N) is 2. The van der Waals surface area contributed by atoms with Crippen LogP contribution in [0.5, 0.6) is 5.88 Å². The highest BCUT2D eigenvalue weighted by molar-refractivity contribution is 6.31. The van der Waals surface area contributed by atoms with Gasteiger partial charge >= 0.3 is 5.97 Å². The molecule has 0 fully saturated rings. The molecule has 4 aromatic rings. The third kappa shape index (κ3) is 6.27. The van der Waals surface area contributed by atoms with Gasteiger partial charge in [-0.3, -0.25) is 14.4 Å². The molecule has 0 radical (unpaired) electrons. The second kappa shape index (κ2) is 12.4. The molecule has 3 aromatic carbocycles. The highest BCUT2D eigenvalue weighted by atomic mass is 35.5. The van der Waals surface area contributed by atoms with Crippen LogP contribution in [-0.4, -0.2) is 39.6 Å². The van der Waals surface area contributed by atoms with E-state index in [4.69, 9.17) is 25.6 Å². The predicted molar refractivity (Wildman–Crippen MR) is 151 cm³/mol. The maximum atomic E-state index is 13.6. The van der Waals surface area contributed by atoms with Crippen molar-refractivity contribution in [3.63, 3.8) is 0 Å². The van der Waals surface area contributed by atoms with Crippen LogP contribution in [0, 0.1) is 0 Å². The molecule has 4 rings (SSSR count). The van der Waals surface area contributed by atoms with Gasteiger partial charge in [0.2, 0.25) is 11.8 Å². The van der Waals surface area contributed by atoms with Crippen molar-refractivity contribution in [2.45, 2.75) is 25.8 Å². The predicted octanol–water partition coefficient (Wildman–Crippen LogP) is 5.29. The number of aromatic carboxylic acids is 1. The molecular formula is C30H26ClN3O6. The molecule has 204 valence electrons. The standard InChI is InChI=1S/C30H26ClN3O6/c1-3-26(35)22-14-11-20(31)16-23(22)24-17-27(36)34(33-29(24)40-2)25(15-18-7-5-4-6-8-18)28(37)32-21-12-9-19(10-13-21)30(38)39/h4-14,16-17,25H,3,15H2,1-2H3,(H,32,37)(H,38,39)/t25-/m0/s1/i2D3. The zero-order valence-corrected chi connectivity index (χ0v) is 22.0. The van der Waals surface area contributed by atoms with Crippen LogP contribution in [0.2, 0.25) is 5.02 Å². The normalized spacial score (nSPS) is 12.9. The summed E-state index contributed by atoms with van der Waals surface area (Å²) in [4.78, 5) is 51.2. The Hall–Kier alpha value is -4.76. The molecule has 0 saturated carbocycles. The number of anilines is 1. The van der Waals surface area contributed by atoms with Gasteiger partial charge in [0.1, 0.15) is 6.04 Å². The monoisotopic (exact) mass is 562 g/mol. The molecule has 2 N–H and O–H groups in total. The van der Waals surface area contributed by atoms with Gasteiger partial charge in [-0.15, -0.1) is 5.10 Å². The SMILES string of the molecule is [2H]C([2H])([2H])Oc1nn([C@@H](Cc2ccccc2)C(=O)Nc2ccc(C(=O)O)cc2)c(=O)cc1-c1cc(Cl)ccc1C(=O)CC. The van der Waals surface area contributed by atoms with Gasteiger partial charge in [0, 0.05) is 35.2 Å². The lowest BCUT2D eigenvalue weighted by molar-refractivity contribution is -0.119. The minimum atomic E-state index is -3.00. The Morgan fingerprint density at radius 2 is 1.77 bits per heavy atom. The number of hydrogen-bond acceptors (Lipinski definition) is 6. The molecule has 0 aliphatic rings. The van der Waals surface area contributed by atoms with Crippen LogP contribution in [0.15, 0.2) is 83.7 Å². The van der Waals surface area contributed by atoms with Crippen LogP contribution < -0.4 is 15.6 Å². The first kappa shape index (κ1) is 24.3. The smallest absolute Gasteiger partial charge is 0.335 e. The zero-order valence-electron chi connectivity index (χ0n) is 24.3. The largest absolute Gasteiger partial charge is 0.480 e. The first-order valence-corrected chi connectivity index (χ1v) is 12.6. The lowest BCUT2D eigenvalue weighted by Crippen LogP contribution is -2.36. The van der Waals surface area contributed by atoms with E-state index < -0.39 is 36.4 Å². The van der Waals surface area contributed by atoms with Crippen molar-refractivity contribution >= 4 is 34.9 Å². The summed E-state index contributed by atoms with van der Waals surface area (Å²) in [5.41, 5.74) is 0.423. The maximum absolute atomic E-state index is 13.6. The number of aromatic nitrogens is 2. The number of carbonyl (C=O) groups excluding carboxylic acids is 2. The van der Waals surface area contributed by atoms with Gasteiger partial charge in [-0.2, -0.15) is 0 Å². The summed E-state index contributed by atoms with van der Waals surface area (Å²) in [6, 6.07) is 18.3.